The molecule has 0 bridgehead atoms. The molecule has 1 saturated heterocycles. The maximum absolute atomic E-state index is 6.09. The minimum atomic E-state index is 0.160. The highest BCUT2D eigenvalue weighted by molar-refractivity contribution is 6.30. The van der Waals surface area contributed by atoms with Crippen molar-refractivity contribution >= 4 is 11.6 Å². The summed E-state index contributed by atoms with van der Waals surface area (Å²) in [6, 6.07) is 3.67. The molecule has 0 saturated carbocycles. The molecule has 0 aliphatic carbocycles. The first-order valence-corrected chi connectivity index (χ1v) is 7.31. The van der Waals surface area contributed by atoms with Crippen molar-refractivity contribution in [1.29, 1.82) is 0 Å². The lowest BCUT2D eigenvalue weighted by atomic mass is 10.1. The summed E-state index contributed by atoms with van der Waals surface area (Å²) < 4.78 is 17.1. The van der Waals surface area contributed by atoms with E-state index in [1.165, 1.54) is 0 Å². The first kappa shape index (κ1) is 15.4. The van der Waals surface area contributed by atoms with Gasteiger partial charge < -0.3 is 19.5 Å². The Kier molecular flexibility index (Phi) is 5.52. The standard InChI is InChI=1S/C15H22ClNO3/c1-10-4-5-13(20-10)9-19-15-11(8-17-2)6-12(16)7-14(15)18-3/h6-7,10,13,17H,4-5,8-9H2,1-3H3. The number of ether oxygens (including phenoxy) is 3. The molecule has 1 heterocycles. The van der Waals surface area contributed by atoms with Crippen molar-refractivity contribution in [3.8, 4) is 11.5 Å². The first-order valence-electron chi connectivity index (χ1n) is 6.93. The zero-order valence-corrected chi connectivity index (χ0v) is 13.0. The van der Waals surface area contributed by atoms with Crippen molar-refractivity contribution in [3.63, 3.8) is 0 Å². The van der Waals surface area contributed by atoms with Gasteiger partial charge in [0.2, 0.25) is 0 Å². The largest absolute Gasteiger partial charge is 0.493 e. The molecule has 1 aliphatic heterocycles. The topological polar surface area (TPSA) is 39.7 Å². The van der Waals surface area contributed by atoms with Crippen LogP contribution in [-0.2, 0) is 11.3 Å². The minimum Gasteiger partial charge on any atom is -0.493 e. The summed E-state index contributed by atoms with van der Waals surface area (Å²) in [5.74, 6) is 1.41. The first-order chi connectivity index (χ1) is 9.63. The predicted octanol–water partition coefficient (Wildman–Crippen LogP) is 3.01. The fraction of sp³-hybridized carbons (Fsp3) is 0.600. The number of halogens is 1. The molecule has 2 atom stereocenters. The summed E-state index contributed by atoms with van der Waals surface area (Å²) in [7, 11) is 3.51. The van der Waals surface area contributed by atoms with Gasteiger partial charge in [0, 0.05) is 23.2 Å². The molecule has 1 aliphatic rings. The molecule has 1 fully saturated rings. The molecule has 112 valence electrons. The second-order valence-electron chi connectivity index (χ2n) is 5.08. The Labute approximate surface area is 125 Å². The van der Waals surface area contributed by atoms with E-state index in [4.69, 9.17) is 25.8 Å². The Hall–Kier alpha value is -0.970. The van der Waals surface area contributed by atoms with Crippen LogP contribution in [0.5, 0.6) is 11.5 Å². The van der Waals surface area contributed by atoms with Crippen LogP contribution in [0.1, 0.15) is 25.3 Å². The smallest absolute Gasteiger partial charge is 0.165 e. The van der Waals surface area contributed by atoms with Gasteiger partial charge in [0.05, 0.1) is 19.3 Å². The van der Waals surface area contributed by atoms with E-state index in [-0.39, 0.29) is 6.10 Å². The van der Waals surface area contributed by atoms with Gasteiger partial charge in [-0.05, 0) is 32.9 Å². The second kappa shape index (κ2) is 7.16. The normalized spacial score (nSPS) is 22.0. The average molecular weight is 300 g/mol. The Bertz CT molecular complexity index is 453. The SMILES string of the molecule is CNCc1cc(Cl)cc(OC)c1OCC1CCC(C)O1. The monoisotopic (exact) mass is 299 g/mol. The van der Waals surface area contributed by atoms with Gasteiger partial charge >= 0.3 is 0 Å². The van der Waals surface area contributed by atoms with Crippen LogP contribution in [0.3, 0.4) is 0 Å². The van der Waals surface area contributed by atoms with Crippen molar-refractivity contribution in [1.82, 2.24) is 5.32 Å². The average Bonchev–Trinajstić information content (AvgIpc) is 2.83. The molecule has 2 unspecified atom stereocenters. The maximum atomic E-state index is 6.09. The van der Waals surface area contributed by atoms with E-state index in [1.54, 1.807) is 13.2 Å². The summed E-state index contributed by atoms with van der Waals surface area (Å²) in [6.45, 7) is 3.31. The fourth-order valence-corrected chi connectivity index (χ4v) is 2.67. The summed E-state index contributed by atoms with van der Waals surface area (Å²) >= 11 is 6.09. The number of hydrogen-bond acceptors (Lipinski definition) is 4. The Morgan fingerprint density at radius 3 is 2.80 bits per heavy atom. The van der Waals surface area contributed by atoms with Crippen molar-refractivity contribution < 1.29 is 14.2 Å². The van der Waals surface area contributed by atoms with Gasteiger partial charge in [0.1, 0.15) is 6.61 Å². The number of hydrogen-bond donors (Lipinski definition) is 1. The van der Waals surface area contributed by atoms with Gasteiger partial charge in [-0.1, -0.05) is 11.6 Å². The van der Waals surface area contributed by atoms with E-state index < -0.39 is 0 Å². The van der Waals surface area contributed by atoms with Crippen LogP contribution >= 0.6 is 11.6 Å². The molecule has 1 aromatic rings. The summed E-state index contributed by atoms with van der Waals surface area (Å²) in [4.78, 5) is 0. The second-order valence-corrected chi connectivity index (χ2v) is 5.52. The lowest BCUT2D eigenvalue weighted by molar-refractivity contribution is 0.0257. The molecule has 0 spiro atoms. The predicted molar refractivity (Wildman–Crippen MR) is 79.8 cm³/mol. The highest BCUT2D eigenvalue weighted by Gasteiger charge is 2.23. The summed E-state index contributed by atoms with van der Waals surface area (Å²) in [5.41, 5.74) is 0.989. The minimum absolute atomic E-state index is 0.160. The molecule has 2 rings (SSSR count). The Morgan fingerprint density at radius 1 is 1.40 bits per heavy atom. The highest BCUT2D eigenvalue weighted by atomic mass is 35.5. The molecule has 5 heteroatoms. The quantitative estimate of drug-likeness (QED) is 0.876. The fourth-order valence-electron chi connectivity index (χ4n) is 2.44. The number of benzene rings is 1. The zero-order valence-electron chi connectivity index (χ0n) is 12.2. The number of nitrogens with one attached hydrogen (secondary N) is 1. The third-order valence-electron chi connectivity index (χ3n) is 3.42. The number of rotatable bonds is 6. The van der Waals surface area contributed by atoms with Crippen LogP contribution in [0.25, 0.3) is 0 Å². The van der Waals surface area contributed by atoms with Crippen molar-refractivity contribution in [3.05, 3.63) is 22.7 Å². The molecule has 0 aromatic heterocycles. The molecule has 1 N–H and O–H groups in total. The van der Waals surface area contributed by atoms with E-state index in [0.717, 1.165) is 24.2 Å². The Morgan fingerprint density at radius 2 is 2.20 bits per heavy atom. The molecular weight excluding hydrogens is 278 g/mol. The van der Waals surface area contributed by atoms with Gasteiger partial charge in [0.25, 0.3) is 0 Å². The van der Waals surface area contributed by atoms with Gasteiger partial charge in [-0.3, -0.25) is 0 Å². The van der Waals surface area contributed by atoms with E-state index in [0.29, 0.717) is 30.0 Å². The molecule has 20 heavy (non-hydrogen) atoms. The van der Waals surface area contributed by atoms with Crippen LogP contribution in [-0.4, -0.2) is 33.0 Å². The van der Waals surface area contributed by atoms with Gasteiger partial charge in [-0.25, -0.2) is 0 Å². The van der Waals surface area contributed by atoms with Crippen LogP contribution in [0, 0.1) is 0 Å². The highest BCUT2D eigenvalue weighted by Crippen LogP contribution is 2.35. The van der Waals surface area contributed by atoms with Gasteiger partial charge in [-0.2, -0.15) is 0 Å². The third-order valence-corrected chi connectivity index (χ3v) is 3.64. The summed E-state index contributed by atoms with van der Waals surface area (Å²) in [6.07, 6.45) is 2.62. The van der Waals surface area contributed by atoms with Crippen LogP contribution < -0.4 is 14.8 Å². The summed E-state index contributed by atoms with van der Waals surface area (Å²) in [5, 5.41) is 3.76. The van der Waals surface area contributed by atoms with Crippen LogP contribution in [0.4, 0.5) is 0 Å². The lowest BCUT2D eigenvalue weighted by Gasteiger charge is -2.18. The third kappa shape index (κ3) is 3.78. The lowest BCUT2D eigenvalue weighted by Crippen LogP contribution is -2.19. The van der Waals surface area contributed by atoms with Crippen molar-refractivity contribution in [2.45, 2.75) is 38.5 Å². The maximum Gasteiger partial charge on any atom is 0.165 e. The van der Waals surface area contributed by atoms with Gasteiger partial charge in [-0.15, -0.1) is 0 Å². The Balaban J connectivity index is 2.11. The molecule has 4 nitrogen and oxygen atoms in total. The van der Waals surface area contributed by atoms with E-state index in [9.17, 15) is 0 Å². The van der Waals surface area contributed by atoms with Crippen molar-refractivity contribution in [2.75, 3.05) is 20.8 Å². The van der Waals surface area contributed by atoms with Gasteiger partial charge in [0.15, 0.2) is 11.5 Å². The molecule has 1 aromatic carbocycles. The van der Waals surface area contributed by atoms with E-state index in [2.05, 4.69) is 12.2 Å². The van der Waals surface area contributed by atoms with E-state index >= 15 is 0 Å². The van der Waals surface area contributed by atoms with Crippen molar-refractivity contribution in [2.24, 2.45) is 0 Å². The molecular formula is C15H22ClNO3. The van der Waals surface area contributed by atoms with E-state index in [1.807, 2.05) is 13.1 Å². The molecule has 0 radical (unpaired) electrons. The van der Waals surface area contributed by atoms with Crippen LogP contribution in [0.15, 0.2) is 12.1 Å². The van der Waals surface area contributed by atoms with Crippen LogP contribution in [0.2, 0.25) is 5.02 Å². The molecule has 0 amide bonds. The number of methoxy groups -OCH3 is 1. The zero-order chi connectivity index (χ0) is 14.5.